The zero-order valence-corrected chi connectivity index (χ0v) is 13.0. The minimum Gasteiger partial charge on any atom is -0.334 e. The summed E-state index contributed by atoms with van der Waals surface area (Å²) in [4.78, 5) is 2.43. The molecule has 22 heavy (non-hydrogen) atoms. The van der Waals surface area contributed by atoms with Crippen LogP contribution in [0.3, 0.4) is 0 Å². The quantitative estimate of drug-likeness (QED) is 0.774. The van der Waals surface area contributed by atoms with Gasteiger partial charge in [-0.25, -0.2) is 0 Å². The summed E-state index contributed by atoms with van der Waals surface area (Å²) >= 11 is 1.83. The summed E-state index contributed by atoms with van der Waals surface area (Å²) in [6.07, 6.45) is 6.57. The smallest absolute Gasteiger partial charge is 0.0796 e. The maximum Gasteiger partial charge on any atom is 0.0796 e. The van der Waals surface area contributed by atoms with Crippen molar-refractivity contribution in [1.29, 1.82) is 0 Å². The van der Waals surface area contributed by atoms with Gasteiger partial charge in [0.05, 0.1) is 5.03 Å². The Hall–Kier alpha value is -2.19. The Kier molecular flexibility index (Phi) is 3.61. The lowest BCUT2D eigenvalue weighted by atomic mass is 9.88. The molecule has 0 aromatic heterocycles. The number of hydrogen-bond acceptors (Lipinski definition) is 2. The Morgan fingerprint density at radius 2 is 1.50 bits per heavy atom. The molecule has 0 radical (unpaired) electrons. The average Bonchev–Trinajstić information content (AvgIpc) is 3.01. The minimum atomic E-state index is 0.285. The standard InChI is InChI=1S/C20H17NS/c1-3-9-16(10-4-1)20(17-11-5-2-6-12-17)18-15-22-19-13-7-8-14-21(18)19/h1-13,15,20H,14H2. The first-order valence-electron chi connectivity index (χ1n) is 7.54. The molecule has 0 amide bonds. The molecule has 0 saturated carbocycles. The van der Waals surface area contributed by atoms with Crippen molar-refractivity contribution in [2.45, 2.75) is 5.92 Å². The third-order valence-corrected chi connectivity index (χ3v) is 5.06. The van der Waals surface area contributed by atoms with Gasteiger partial charge in [-0.05, 0) is 22.6 Å². The predicted molar refractivity (Wildman–Crippen MR) is 94.3 cm³/mol. The molecule has 1 nitrogen and oxygen atoms in total. The summed E-state index contributed by atoms with van der Waals surface area (Å²) in [5.74, 6) is 0.285. The lowest BCUT2D eigenvalue weighted by Gasteiger charge is -2.30. The van der Waals surface area contributed by atoms with Crippen LogP contribution in [-0.2, 0) is 0 Å². The van der Waals surface area contributed by atoms with Crippen molar-refractivity contribution in [2.24, 2.45) is 0 Å². The van der Waals surface area contributed by atoms with Crippen LogP contribution in [0.15, 0.2) is 95.0 Å². The van der Waals surface area contributed by atoms with Crippen molar-refractivity contribution in [3.63, 3.8) is 0 Å². The maximum absolute atomic E-state index is 2.43. The highest BCUT2D eigenvalue weighted by Crippen LogP contribution is 2.44. The first kappa shape index (κ1) is 13.5. The van der Waals surface area contributed by atoms with Gasteiger partial charge in [-0.2, -0.15) is 0 Å². The highest BCUT2D eigenvalue weighted by atomic mass is 32.2. The largest absolute Gasteiger partial charge is 0.334 e. The van der Waals surface area contributed by atoms with Crippen molar-refractivity contribution in [3.8, 4) is 0 Å². The van der Waals surface area contributed by atoms with E-state index in [-0.39, 0.29) is 5.92 Å². The van der Waals surface area contributed by atoms with E-state index >= 15 is 0 Å². The van der Waals surface area contributed by atoms with Crippen LogP contribution in [-0.4, -0.2) is 11.4 Å². The third kappa shape index (κ3) is 2.40. The van der Waals surface area contributed by atoms with E-state index in [2.05, 4.69) is 89.2 Å². The molecule has 0 unspecified atom stereocenters. The topological polar surface area (TPSA) is 3.24 Å². The molecule has 108 valence electrons. The molecule has 0 spiro atoms. The molecule has 4 rings (SSSR count). The van der Waals surface area contributed by atoms with Gasteiger partial charge in [0.2, 0.25) is 0 Å². The monoisotopic (exact) mass is 303 g/mol. The number of nitrogens with zero attached hydrogens (tertiary/aromatic N) is 1. The van der Waals surface area contributed by atoms with Crippen molar-refractivity contribution in [3.05, 3.63) is 106 Å². The zero-order valence-electron chi connectivity index (χ0n) is 12.2. The lowest BCUT2D eigenvalue weighted by molar-refractivity contribution is 0.478. The van der Waals surface area contributed by atoms with Crippen molar-refractivity contribution in [1.82, 2.24) is 4.90 Å². The van der Waals surface area contributed by atoms with Gasteiger partial charge in [0.25, 0.3) is 0 Å². The van der Waals surface area contributed by atoms with Gasteiger partial charge in [0.15, 0.2) is 0 Å². The first-order chi connectivity index (χ1) is 10.9. The average molecular weight is 303 g/mol. The molecular formula is C20H17NS. The van der Waals surface area contributed by atoms with Crippen LogP contribution in [0.25, 0.3) is 0 Å². The molecule has 2 aromatic carbocycles. The van der Waals surface area contributed by atoms with E-state index in [1.54, 1.807) is 0 Å². The third-order valence-electron chi connectivity index (χ3n) is 4.10. The molecule has 0 aliphatic carbocycles. The Bertz CT molecular complexity index is 704. The number of benzene rings is 2. The van der Waals surface area contributed by atoms with Crippen molar-refractivity contribution >= 4 is 11.8 Å². The van der Waals surface area contributed by atoms with Gasteiger partial charge in [0.1, 0.15) is 0 Å². The second kappa shape index (κ2) is 5.90. The number of allylic oxidation sites excluding steroid dienone is 3. The Labute approximate surface area is 135 Å². The van der Waals surface area contributed by atoms with Gasteiger partial charge in [-0.1, -0.05) is 84.6 Å². The minimum absolute atomic E-state index is 0.285. The van der Waals surface area contributed by atoms with Gasteiger partial charge >= 0.3 is 0 Å². The van der Waals surface area contributed by atoms with Crippen LogP contribution in [0.4, 0.5) is 0 Å². The number of fused-ring (bicyclic) bond motifs is 1. The summed E-state index contributed by atoms with van der Waals surface area (Å²) in [5, 5.41) is 3.64. The summed E-state index contributed by atoms with van der Waals surface area (Å²) in [5.41, 5.74) is 4.06. The van der Waals surface area contributed by atoms with Crippen molar-refractivity contribution in [2.75, 3.05) is 6.54 Å². The molecule has 0 fully saturated rings. The highest BCUT2D eigenvalue weighted by molar-refractivity contribution is 8.06. The second-order valence-corrected chi connectivity index (χ2v) is 6.35. The van der Waals surface area contributed by atoms with Gasteiger partial charge in [0, 0.05) is 18.2 Å². The van der Waals surface area contributed by atoms with Crippen LogP contribution >= 0.6 is 11.8 Å². The van der Waals surface area contributed by atoms with Gasteiger partial charge in [-0.3, -0.25) is 0 Å². The molecule has 2 aliphatic heterocycles. The molecule has 2 heterocycles. The fourth-order valence-electron chi connectivity index (χ4n) is 3.07. The van der Waals surface area contributed by atoms with E-state index < -0.39 is 0 Å². The Morgan fingerprint density at radius 1 is 0.864 bits per heavy atom. The summed E-state index contributed by atoms with van der Waals surface area (Å²) in [6.45, 7) is 0.959. The fraction of sp³-hybridized carbons (Fsp3) is 0.100. The van der Waals surface area contributed by atoms with E-state index in [4.69, 9.17) is 0 Å². The maximum atomic E-state index is 2.43. The number of thioether (sulfide) groups is 1. The predicted octanol–water partition coefficient (Wildman–Crippen LogP) is 5.12. The van der Waals surface area contributed by atoms with E-state index in [0.717, 1.165) is 6.54 Å². The first-order valence-corrected chi connectivity index (χ1v) is 8.42. The lowest BCUT2D eigenvalue weighted by Crippen LogP contribution is -2.24. The molecule has 0 bridgehead atoms. The van der Waals surface area contributed by atoms with E-state index in [0.29, 0.717) is 0 Å². The van der Waals surface area contributed by atoms with Crippen LogP contribution in [0, 0.1) is 0 Å². The summed E-state index contributed by atoms with van der Waals surface area (Å²) in [6, 6.07) is 21.6. The normalized spacial score (nSPS) is 16.5. The fourth-order valence-corrected chi connectivity index (χ4v) is 4.03. The van der Waals surface area contributed by atoms with Crippen LogP contribution in [0.1, 0.15) is 17.0 Å². The van der Waals surface area contributed by atoms with Crippen molar-refractivity contribution < 1.29 is 0 Å². The Balaban J connectivity index is 1.79. The number of hydrogen-bond donors (Lipinski definition) is 0. The molecule has 2 aliphatic rings. The van der Waals surface area contributed by atoms with E-state index in [1.807, 2.05) is 11.8 Å². The van der Waals surface area contributed by atoms with Crippen LogP contribution in [0.5, 0.6) is 0 Å². The Morgan fingerprint density at radius 3 is 2.14 bits per heavy atom. The van der Waals surface area contributed by atoms with Gasteiger partial charge in [-0.15, -0.1) is 0 Å². The highest BCUT2D eigenvalue weighted by Gasteiger charge is 2.29. The second-order valence-electron chi connectivity index (χ2n) is 5.46. The zero-order chi connectivity index (χ0) is 14.8. The summed E-state index contributed by atoms with van der Waals surface area (Å²) < 4.78 is 0. The number of rotatable bonds is 3. The molecule has 0 atom stereocenters. The van der Waals surface area contributed by atoms with E-state index in [1.165, 1.54) is 21.9 Å². The van der Waals surface area contributed by atoms with Crippen LogP contribution < -0.4 is 0 Å². The van der Waals surface area contributed by atoms with E-state index in [9.17, 15) is 0 Å². The molecule has 0 saturated heterocycles. The molecular weight excluding hydrogens is 286 g/mol. The molecule has 2 aromatic rings. The molecule has 2 heteroatoms. The van der Waals surface area contributed by atoms with Crippen LogP contribution in [0.2, 0.25) is 0 Å². The summed E-state index contributed by atoms with van der Waals surface area (Å²) in [7, 11) is 0. The molecule has 0 N–H and O–H groups in total. The van der Waals surface area contributed by atoms with Gasteiger partial charge < -0.3 is 4.90 Å². The SMILES string of the molecule is C1=CCN2C(=C1)SC=C2C(c1ccccc1)c1ccccc1.